The highest BCUT2D eigenvalue weighted by atomic mass is 35.5. The Morgan fingerprint density at radius 2 is 1.76 bits per heavy atom. The number of carbonyl (C=O) groups is 1. The van der Waals surface area contributed by atoms with Gasteiger partial charge in [-0.25, -0.2) is 19.2 Å². The van der Waals surface area contributed by atoms with Crippen molar-refractivity contribution in [1.82, 2.24) is 19.8 Å². The average Bonchev–Trinajstić information content (AvgIpc) is 3.84. The molecule has 12 heteroatoms. The topological polar surface area (TPSA) is 86.2 Å². The number of carbonyl (C=O) groups excluding carboxylic acids is 1. The number of hydrogen-bond acceptors (Lipinski definition) is 10. The van der Waals surface area contributed by atoms with Crippen molar-refractivity contribution in [2.45, 2.75) is 31.3 Å². The summed E-state index contributed by atoms with van der Waals surface area (Å²) in [5.74, 6) is 0.637. The third kappa shape index (κ3) is 5.99. The van der Waals surface area contributed by atoms with E-state index in [2.05, 4.69) is 26.8 Å². The maximum atomic E-state index is 14.9. The monoisotopic (exact) mass is 728 g/mol. The Morgan fingerprint density at radius 1 is 0.980 bits per heavy atom. The molecule has 1 unspecified atom stereocenters. The quantitative estimate of drug-likeness (QED) is 0.0988. The van der Waals surface area contributed by atoms with Crippen molar-refractivity contribution in [3.05, 3.63) is 77.3 Å². The first-order valence-electron chi connectivity index (χ1n) is 17.2. The van der Waals surface area contributed by atoms with Crippen molar-refractivity contribution in [3.63, 3.8) is 0 Å². The maximum Gasteiger partial charge on any atom is 0.348 e. The van der Waals surface area contributed by atoms with Gasteiger partial charge in [-0.1, -0.05) is 35.9 Å². The van der Waals surface area contributed by atoms with E-state index in [4.69, 9.17) is 30.5 Å². The molecule has 9 nitrogen and oxygen atoms in total. The van der Waals surface area contributed by atoms with Gasteiger partial charge in [0.05, 0.1) is 24.1 Å². The lowest BCUT2D eigenvalue weighted by atomic mass is 9.88. The molecule has 8 rings (SSSR count). The Hall–Kier alpha value is -4.29. The van der Waals surface area contributed by atoms with E-state index in [0.29, 0.717) is 57.0 Å². The van der Waals surface area contributed by atoms with Crippen molar-refractivity contribution in [2.75, 3.05) is 60.1 Å². The van der Waals surface area contributed by atoms with Crippen LogP contribution in [0.15, 0.2) is 60.9 Å². The first-order chi connectivity index (χ1) is 24.8. The normalized spacial score (nSPS) is 16.9. The molecule has 1 saturated carbocycles. The summed E-state index contributed by atoms with van der Waals surface area (Å²) in [6.07, 6.45) is 1.87. The SMILES string of the molecule is CCOC(=O)C(Oc1ncnc2sc3c4ccc(F)cc4c4c(Cl)c(OCCN5CCN(C)CC5)ccc4c3c12)C1(c2ccccc2OC)CC1. The number of esters is 1. The summed E-state index contributed by atoms with van der Waals surface area (Å²) in [6.45, 7) is 7.26. The number of rotatable bonds is 11. The zero-order valence-electron chi connectivity index (χ0n) is 28.7. The standard InChI is InChI=1S/C39H38ClFN4O5S/c1-4-48-38(46)35(39(13-14-39)27-7-5-6-8-28(27)47-3)50-36-32-31-25-11-12-29(49-20-19-45-17-15-44(2)16-18-45)33(40)30(25)26-21-23(41)9-10-24(26)34(31)51-37(32)43-22-42-36/h5-12,21-22,35H,4,13-20H2,1-3H3. The van der Waals surface area contributed by atoms with Gasteiger partial charge in [0, 0.05) is 64.6 Å². The van der Waals surface area contributed by atoms with Crippen LogP contribution >= 0.6 is 22.9 Å². The molecule has 0 spiro atoms. The summed E-state index contributed by atoms with van der Waals surface area (Å²) in [5, 5.41) is 4.81. The number of nitrogens with zero attached hydrogens (tertiary/aromatic N) is 4. The summed E-state index contributed by atoms with van der Waals surface area (Å²) < 4.78 is 40.1. The van der Waals surface area contributed by atoms with Gasteiger partial charge in [0.2, 0.25) is 12.0 Å². The molecule has 264 valence electrons. The van der Waals surface area contributed by atoms with Crippen LogP contribution in [0, 0.1) is 5.82 Å². The van der Waals surface area contributed by atoms with Gasteiger partial charge in [0.25, 0.3) is 0 Å². The zero-order valence-corrected chi connectivity index (χ0v) is 30.3. The van der Waals surface area contributed by atoms with Crippen LogP contribution in [0.3, 0.4) is 0 Å². The molecular formula is C39H38ClFN4O5S. The highest BCUT2D eigenvalue weighted by molar-refractivity contribution is 7.26. The second kappa shape index (κ2) is 13.7. The van der Waals surface area contributed by atoms with Crippen LogP contribution in [0.2, 0.25) is 5.02 Å². The number of methoxy groups -OCH3 is 1. The van der Waals surface area contributed by atoms with Gasteiger partial charge in [0.1, 0.15) is 35.1 Å². The maximum absolute atomic E-state index is 14.9. The number of ether oxygens (including phenoxy) is 4. The van der Waals surface area contributed by atoms with E-state index >= 15 is 0 Å². The molecule has 1 aliphatic carbocycles. The first-order valence-corrected chi connectivity index (χ1v) is 18.4. The molecule has 2 fully saturated rings. The highest BCUT2D eigenvalue weighted by Crippen LogP contribution is 2.56. The second-order valence-corrected chi connectivity index (χ2v) is 14.6. The molecule has 0 bridgehead atoms. The van der Waals surface area contributed by atoms with E-state index in [1.165, 1.54) is 29.8 Å². The largest absolute Gasteiger partial charge is 0.496 e. The number of fused-ring (bicyclic) bond motifs is 8. The van der Waals surface area contributed by atoms with E-state index in [1.54, 1.807) is 20.1 Å². The number of likely N-dealkylation sites (N-methyl/N-ethyl adjacent to an activating group) is 1. The Kier molecular flexibility index (Phi) is 9.08. The lowest BCUT2D eigenvalue weighted by Crippen LogP contribution is -2.45. The van der Waals surface area contributed by atoms with Crippen molar-refractivity contribution in [1.29, 1.82) is 0 Å². The Labute approximate surface area is 303 Å². The third-order valence-electron chi connectivity index (χ3n) is 10.3. The van der Waals surface area contributed by atoms with E-state index in [0.717, 1.165) is 59.1 Å². The van der Waals surface area contributed by atoms with Crippen LogP contribution in [0.25, 0.3) is 41.8 Å². The molecule has 6 aromatic rings. The summed E-state index contributed by atoms with van der Waals surface area (Å²) in [4.78, 5) is 28.4. The van der Waals surface area contributed by atoms with Gasteiger partial charge in [-0.3, -0.25) is 4.90 Å². The van der Waals surface area contributed by atoms with Gasteiger partial charge in [-0.05, 0) is 67.9 Å². The molecule has 51 heavy (non-hydrogen) atoms. The van der Waals surface area contributed by atoms with Crippen LogP contribution < -0.4 is 14.2 Å². The number of para-hydroxylation sites is 1. The fourth-order valence-electron chi connectivity index (χ4n) is 7.44. The second-order valence-electron chi connectivity index (χ2n) is 13.3. The summed E-state index contributed by atoms with van der Waals surface area (Å²) >= 11 is 8.66. The summed E-state index contributed by atoms with van der Waals surface area (Å²) in [6, 6.07) is 16.3. The number of benzene rings is 4. The molecule has 0 N–H and O–H groups in total. The minimum atomic E-state index is -0.994. The van der Waals surface area contributed by atoms with Crippen molar-refractivity contribution in [3.8, 4) is 17.4 Å². The van der Waals surface area contributed by atoms with Gasteiger partial charge < -0.3 is 23.8 Å². The van der Waals surface area contributed by atoms with Gasteiger partial charge in [-0.2, -0.15) is 0 Å². The Bertz CT molecular complexity index is 2290. The fourth-order valence-corrected chi connectivity index (χ4v) is 8.95. The first kappa shape index (κ1) is 33.8. The predicted molar refractivity (Wildman–Crippen MR) is 199 cm³/mol. The third-order valence-corrected chi connectivity index (χ3v) is 11.8. The number of piperazine rings is 1. The Balaban J connectivity index is 1.26. The Morgan fingerprint density at radius 3 is 2.53 bits per heavy atom. The van der Waals surface area contributed by atoms with Crippen LogP contribution in [0.5, 0.6) is 17.4 Å². The molecule has 2 aromatic heterocycles. The van der Waals surface area contributed by atoms with E-state index in [1.807, 2.05) is 36.4 Å². The molecule has 2 aliphatic rings. The van der Waals surface area contributed by atoms with Crippen molar-refractivity contribution in [2.24, 2.45) is 0 Å². The van der Waals surface area contributed by atoms with Gasteiger partial charge >= 0.3 is 5.97 Å². The number of halogens is 2. The minimum Gasteiger partial charge on any atom is -0.496 e. The van der Waals surface area contributed by atoms with Gasteiger partial charge in [0.15, 0.2) is 0 Å². The van der Waals surface area contributed by atoms with E-state index in [9.17, 15) is 9.18 Å². The van der Waals surface area contributed by atoms with Crippen molar-refractivity contribution >= 4 is 70.8 Å². The molecular weight excluding hydrogens is 691 g/mol. The summed E-state index contributed by atoms with van der Waals surface area (Å²) in [5.41, 5.74) is 0.227. The van der Waals surface area contributed by atoms with Crippen molar-refractivity contribution < 1.29 is 28.1 Å². The minimum absolute atomic E-state index is 0.201. The average molecular weight is 729 g/mol. The molecule has 3 heterocycles. The zero-order chi connectivity index (χ0) is 35.3. The van der Waals surface area contributed by atoms with E-state index < -0.39 is 17.5 Å². The van der Waals surface area contributed by atoms with E-state index in [-0.39, 0.29) is 18.3 Å². The van der Waals surface area contributed by atoms with Crippen LogP contribution in [-0.4, -0.2) is 91.9 Å². The fraction of sp³-hybridized carbons (Fsp3) is 0.359. The molecule has 1 aliphatic heterocycles. The molecule has 4 aromatic carbocycles. The molecule has 0 radical (unpaired) electrons. The van der Waals surface area contributed by atoms with Crippen LogP contribution in [-0.2, 0) is 14.9 Å². The molecule has 0 amide bonds. The lowest BCUT2D eigenvalue weighted by Gasteiger charge is -2.32. The lowest BCUT2D eigenvalue weighted by molar-refractivity contribution is -0.153. The van der Waals surface area contributed by atoms with Crippen LogP contribution in [0.4, 0.5) is 4.39 Å². The molecule has 1 atom stereocenters. The van der Waals surface area contributed by atoms with Crippen LogP contribution in [0.1, 0.15) is 25.3 Å². The number of thiophene rings is 1. The predicted octanol–water partition coefficient (Wildman–Crippen LogP) is 7.62. The highest BCUT2D eigenvalue weighted by Gasteiger charge is 2.58. The summed E-state index contributed by atoms with van der Waals surface area (Å²) in [7, 11) is 3.76. The smallest absolute Gasteiger partial charge is 0.348 e. The number of aromatic nitrogens is 2. The molecule has 1 saturated heterocycles. The number of hydrogen-bond donors (Lipinski definition) is 0. The van der Waals surface area contributed by atoms with Gasteiger partial charge in [-0.15, -0.1) is 11.3 Å².